The van der Waals surface area contributed by atoms with Crippen molar-refractivity contribution in [3.05, 3.63) is 96.8 Å². The first-order chi connectivity index (χ1) is 14.8. The van der Waals surface area contributed by atoms with E-state index in [-0.39, 0.29) is 11.6 Å². The molecule has 0 fully saturated rings. The Morgan fingerprint density at radius 3 is 2.10 bits per heavy atom. The topological polar surface area (TPSA) is 67.8 Å². The van der Waals surface area contributed by atoms with Crippen molar-refractivity contribution in [2.24, 2.45) is 0 Å². The van der Waals surface area contributed by atoms with Crippen LogP contribution in [0.5, 0.6) is 0 Å². The summed E-state index contributed by atoms with van der Waals surface area (Å²) in [5, 5.41) is 4.52. The second kappa shape index (κ2) is 7.85. The van der Waals surface area contributed by atoms with Gasteiger partial charge in [-0.1, -0.05) is 84.1 Å². The summed E-state index contributed by atoms with van der Waals surface area (Å²) in [7, 11) is 0. The van der Waals surface area contributed by atoms with Gasteiger partial charge in [-0.05, 0) is 12.1 Å². The number of carbonyl (C=O) groups is 1. The molecule has 0 saturated carbocycles. The average Bonchev–Trinajstić information content (AvgIpc) is 3.23. The zero-order chi connectivity index (χ0) is 20.3. The Morgan fingerprint density at radius 1 is 0.733 bits per heavy atom. The monoisotopic (exact) mass is 408 g/mol. The lowest BCUT2D eigenvalue weighted by Gasteiger charge is -2.05. The van der Waals surface area contributed by atoms with E-state index in [9.17, 15) is 4.79 Å². The van der Waals surface area contributed by atoms with E-state index >= 15 is 0 Å². The van der Waals surface area contributed by atoms with E-state index in [0.29, 0.717) is 10.5 Å². The highest BCUT2D eigenvalue weighted by Gasteiger charge is 2.18. The van der Waals surface area contributed by atoms with Gasteiger partial charge in [0.25, 0.3) is 5.91 Å². The number of thiazole rings is 1. The second-order valence-electron chi connectivity index (χ2n) is 6.63. The Morgan fingerprint density at radius 2 is 1.37 bits per heavy atom. The Balaban J connectivity index is 1.53. The summed E-state index contributed by atoms with van der Waals surface area (Å²) in [5.41, 5.74) is 4.39. The van der Waals surface area contributed by atoms with Crippen molar-refractivity contribution in [3.8, 4) is 21.8 Å². The Kier molecular flexibility index (Phi) is 4.75. The van der Waals surface area contributed by atoms with Gasteiger partial charge in [-0.25, -0.2) is 9.97 Å². The highest BCUT2D eigenvalue weighted by Crippen LogP contribution is 2.38. The molecule has 0 spiro atoms. The standard InChI is InChI=1S/C24H16N4OS/c29-22(20-15-25-18-13-7-8-14-19(18)26-20)28-24-21(16-9-3-1-4-10-16)27-23(30-24)17-11-5-2-6-12-17/h1-15H,(H,28,29). The molecule has 5 aromatic rings. The lowest BCUT2D eigenvalue weighted by atomic mass is 10.1. The highest BCUT2D eigenvalue weighted by atomic mass is 32.1. The SMILES string of the molecule is O=C(Nc1sc(-c2ccccc2)nc1-c1ccccc1)c1cnc2ccccc2n1. The number of para-hydroxylation sites is 2. The molecule has 5 nitrogen and oxygen atoms in total. The molecule has 0 aliphatic rings. The van der Waals surface area contributed by atoms with Crippen LogP contribution < -0.4 is 5.32 Å². The molecule has 0 aliphatic heterocycles. The van der Waals surface area contributed by atoms with Crippen LogP contribution in [0.3, 0.4) is 0 Å². The fraction of sp³-hybridized carbons (Fsp3) is 0. The van der Waals surface area contributed by atoms with Crippen molar-refractivity contribution < 1.29 is 4.79 Å². The molecule has 1 N–H and O–H groups in total. The van der Waals surface area contributed by atoms with Crippen LogP contribution in [0.1, 0.15) is 10.5 Å². The molecule has 2 aromatic heterocycles. The number of aromatic nitrogens is 3. The number of nitrogens with one attached hydrogen (secondary N) is 1. The van der Waals surface area contributed by atoms with E-state index in [0.717, 1.165) is 27.3 Å². The predicted molar refractivity (Wildman–Crippen MR) is 120 cm³/mol. The minimum absolute atomic E-state index is 0.266. The van der Waals surface area contributed by atoms with Crippen molar-refractivity contribution in [2.75, 3.05) is 5.32 Å². The second-order valence-corrected chi connectivity index (χ2v) is 7.63. The Hall–Kier alpha value is -3.90. The van der Waals surface area contributed by atoms with Gasteiger partial charge in [0.2, 0.25) is 0 Å². The third-order valence-electron chi connectivity index (χ3n) is 4.60. The number of carbonyl (C=O) groups excluding carboxylic acids is 1. The van der Waals surface area contributed by atoms with Gasteiger partial charge in [-0.2, -0.15) is 0 Å². The number of anilines is 1. The Bertz CT molecular complexity index is 1330. The molecular formula is C24H16N4OS. The smallest absolute Gasteiger partial charge is 0.276 e. The summed E-state index contributed by atoms with van der Waals surface area (Å²) in [4.78, 5) is 26.6. The maximum absolute atomic E-state index is 13.0. The quantitative estimate of drug-likeness (QED) is 0.416. The maximum atomic E-state index is 13.0. The van der Waals surface area contributed by atoms with Gasteiger partial charge in [0.15, 0.2) is 0 Å². The Labute approximate surface area is 177 Å². The first-order valence-corrected chi connectivity index (χ1v) is 10.2. The number of hydrogen-bond acceptors (Lipinski definition) is 5. The number of benzene rings is 3. The number of rotatable bonds is 4. The minimum Gasteiger partial charge on any atom is -0.310 e. The van der Waals surface area contributed by atoms with Gasteiger partial charge in [0, 0.05) is 11.1 Å². The summed E-state index contributed by atoms with van der Waals surface area (Å²) in [6, 6.07) is 27.2. The summed E-state index contributed by atoms with van der Waals surface area (Å²) >= 11 is 1.44. The fourth-order valence-electron chi connectivity index (χ4n) is 3.13. The van der Waals surface area contributed by atoms with Gasteiger partial charge in [-0.3, -0.25) is 9.78 Å². The normalized spacial score (nSPS) is 10.8. The molecule has 0 radical (unpaired) electrons. The van der Waals surface area contributed by atoms with E-state index in [1.165, 1.54) is 17.5 Å². The molecule has 0 bridgehead atoms. The first kappa shape index (κ1) is 18.1. The van der Waals surface area contributed by atoms with Crippen molar-refractivity contribution >= 4 is 33.3 Å². The van der Waals surface area contributed by atoms with Gasteiger partial charge in [0.05, 0.1) is 17.2 Å². The summed E-state index contributed by atoms with van der Waals surface area (Å²) in [6.45, 7) is 0. The highest BCUT2D eigenvalue weighted by molar-refractivity contribution is 7.19. The molecule has 0 unspecified atom stereocenters. The van der Waals surface area contributed by atoms with Gasteiger partial charge < -0.3 is 5.32 Å². The van der Waals surface area contributed by atoms with Gasteiger partial charge in [0.1, 0.15) is 21.4 Å². The van der Waals surface area contributed by atoms with Crippen LogP contribution >= 0.6 is 11.3 Å². The zero-order valence-corrected chi connectivity index (χ0v) is 16.6. The molecule has 1 amide bonds. The molecule has 0 aliphatic carbocycles. The maximum Gasteiger partial charge on any atom is 0.276 e. The van der Waals surface area contributed by atoms with Crippen LogP contribution in [0, 0.1) is 0 Å². The summed E-state index contributed by atoms with van der Waals surface area (Å²) in [6.07, 6.45) is 1.50. The lowest BCUT2D eigenvalue weighted by Crippen LogP contribution is -2.14. The van der Waals surface area contributed by atoms with Gasteiger partial charge >= 0.3 is 0 Å². The molecule has 30 heavy (non-hydrogen) atoms. The number of amides is 1. The predicted octanol–water partition coefficient (Wildman–Crippen LogP) is 5.67. The van der Waals surface area contributed by atoms with Crippen LogP contribution in [0.4, 0.5) is 5.00 Å². The minimum atomic E-state index is -0.311. The van der Waals surface area contributed by atoms with E-state index in [1.807, 2.05) is 84.9 Å². The molecule has 144 valence electrons. The molecule has 3 aromatic carbocycles. The number of hydrogen-bond donors (Lipinski definition) is 1. The molecule has 0 saturated heterocycles. The zero-order valence-electron chi connectivity index (χ0n) is 15.8. The van der Waals surface area contributed by atoms with E-state index < -0.39 is 0 Å². The van der Waals surface area contributed by atoms with Crippen LogP contribution in [-0.4, -0.2) is 20.9 Å². The van der Waals surface area contributed by atoms with Crippen LogP contribution in [-0.2, 0) is 0 Å². The third-order valence-corrected chi connectivity index (χ3v) is 5.62. The first-order valence-electron chi connectivity index (χ1n) is 9.43. The number of fused-ring (bicyclic) bond motifs is 1. The summed E-state index contributed by atoms with van der Waals surface area (Å²) < 4.78 is 0. The third kappa shape index (κ3) is 3.56. The average molecular weight is 408 g/mol. The van der Waals surface area contributed by atoms with E-state index in [1.54, 1.807) is 0 Å². The van der Waals surface area contributed by atoms with Crippen molar-refractivity contribution in [2.45, 2.75) is 0 Å². The molecule has 2 heterocycles. The lowest BCUT2D eigenvalue weighted by molar-refractivity contribution is 0.102. The molecular weight excluding hydrogens is 392 g/mol. The largest absolute Gasteiger partial charge is 0.310 e. The number of nitrogens with zero attached hydrogens (tertiary/aromatic N) is 3. The van der Waals surface area contributed by atoms with Crippen molar-refractivity contribution in [3.63, 3.8) is 0 Å². The van der Waals surface area contributed by atoms with E-state index in [4.69, 9.17) is 4.98 Å². The fourth-order valence-corrected chi connectivity index (χ4v) is 4.12. The van der Waals surface area contributed by atoms with E-state index in [2.05, 4.69) is 15.3 Å². The van der Waals surface area contributed by atoms with Gasteiger partial charge in [-0.15, -0.1) is 0 Å². The van der Waals surface area contributed by atoms with Crippen LogP contribution in [0.15, 0.2) is 91.1 Å². The molecule has 5 rings (SSSR count). The van der Waals surface area contributed by atoms with Crippen molar-refractivity contribution in [1.29, 1.82) is 0 Å². The van der Waals surface area contributed by atoms with Crippen LogP contribution in [0.25, 0.3) is 32.9 Å². The molecule has 0 atom stereocenters. The van der Waals surface area contributed by atoms with Crippen LogP contribution in [0.2, 0.25) is 0 Å². The molecule has 6 heteroatoms. The summed E-state index contributed by atoms with van der Waals surface area (Å²) in [5.74, 6) is -0.311. The van der Waals surface area contributed by atoms with Crippen molar-refractivity contribution in [1.82, 2.24) is 15.0 Å².